The minimum atomic E-state index is 0.336. The number of rotatable bonds is 8. The van der Waals surface area contributed by atoms with Crippen molar-refractivity contribution in [2.24, 2.45) is 5.41 Å². The van der Waals surface area contributed by atoms with Crippen LogP contribution in [0.25, 0.3) is 0 Å². The van der Waals surface area contributed by atoms with E-state index in [1.165, 1.54) is 5.56 Å². The highest BCUT2D eigenvalue weighted by molar-refractivity contribution is 5.28. The van der Waals surface area contributed by atoms with Gasteiger partial charge in [0, 0.05) is 13.2 Å². The Bertz CT molecular complexity index is 358. The van der Waals surface area contributed by atoms with Crippen LogP contribution < -0.4 is 10.1 Å². The van der Waals surface area contributed by atoms with Gasteiger partial charge in [-0.1, -0.05) is 32.9 Å². The van der Waals surface area contributed by atoms with Crippen LogP contribution in [0.15, 0.2) is 24.3 Å². The predicted octanol–water partition coefficient (Wildman–Crippen LogP) is 3.24. The fraction of sp³-hybridized carbons (Fsp3) is 0.625. The van der Waals surface area contributed by atoms with E-state index < -0.39 is 0 Å². The minimum absolute atomic E-state index is 0.336. The van der Waals surface area contributed by atoms with Gasteiger partial charge in [0.25, 0.3) is 0 Å². The third kappa shape index (κ3) is 7.85. The maximum Gasteiger partial charge on any atom is 0.119 e. The summed E-state index contributed by atoms with van der Waals surface area (Å²) >= 11 is 0. The van der Waals surface area contributed by atoms with Gasteiger partial charge >= 0.3 is 0 Å². The summed E-state index contributed by atoms with van der Waals surface area (Å²) in [6.45, 7) is 9.58. The molecule has 1 aromatic rings. The van der Waals surface area contributed by atoms with Gasteiger partial charge in [-0.05, 0) is 36.6 Å². The van der Waals surface area contributed by atoms with Gasteiger partial charge in [0.2, 0.25) is 0 Å². The third-order valence-corrected chi connectivity index (χ3v) is 2.77. The molecule has 0 aromatic heterocycles. The van der Waals surface area contributed by atoms with Crippen molar-refractivity contribution in [2.45, 2.75) is 33.7 Å². The Morgan fingerprint density at radius 3 is 2.58 bits per heavy atom. The zero-order valence-corrected chi connectivity index (χ0v) is 12.7. The third-order valence-electron chi connectivity index (χ3n) is 2.77. The summed E-state index contributed by atoms with van der Waals surface area (Å²) in [5.41, 5.74) is 1.57. The summed E-state index contributed by atoms with van der Waals surface area (Å²) in [6.07, 6.45) is 1.07. The lowest BCUT2D eigenvalue weighted by Crippen LogP contribution is -2.13. The second kappa shape index (κ2) is 8.18. The molecular weight excluding hydrogens is 238 g/mol. The van der Waals surface area contributed by atoms with Gasteiger partial charge in [-0.15, -0.1) is 0 Å². The van der Waals surface area contributed by atoms with Crippen LogP contribution in [0.3, 0.4) is 0 Å². The van der Waals surface area contributed by atoms with Crippen molar-refractivity contribution in [1.29, 1.82) is 0 Å². The van der Waals surface area contributed by atoms with E-state index in [0.717, 1.165) is 25.3 Å². The molecule has 3 heteroatoms. The Kier molecular flexibility index (Phi) is 6.89. The van der Waals surface area contributed by atoms with Crippen LogP contribution in [0.2, 0.25) is 0 Å². The molecule has 0 bridgehead atoms. The summed E-state index contributed by atoms with van der Waals surface area (Å²) < 4.78 is 11.2. The van der Waals surface area contributed by atoms with Gasteiger partial charge in [0.05, 0.1) is 6.61 Å². The first-order chi connectivity index (χ1) is 9.01. The van der Waals surface area contributed by atoms with Crippen molar-refractivity contribution in [1.82, 2.24) is 5.32 Å². The molecule has 0 aliphatic carbocycles. The molecule has 0 amide bonds. The zero-order chi connectivity index (χ0) is 14.1. The van der Waals surface area contributed by atoms with Gasteiger partial charge in [0.15, 0.2) is 0 Å². The maximum atomic E-state index is 5.67. The Balaban J connectivity index is 2.17. The Morgan fingerprint density at radius 1 is 1.11 bits per heavy atom. The number of nitrogens with one attached hydrogen (secondary N) is 1. The van der Waals surface area contributed by atoms with Crippen molar-refractivity contribution in [2.75, 3.05) is 26.9 Å². The Hall–Kier alpha value is -1.06. The first kappa shape index (κ1) is 16.0. The second-order valence-corrected chi connectivity index (χ2v) is 5.95. The maximum absolute atomic E-state index is 5.67. The first-order valence-corrected chi connectivity index (χ1v) is 6.95. The predicted molar refractivity (Wildman–Crippen MR) is 79.6 cm³/mol. The van der Waals surface area contributed by atoms with Gasteiger partial charge in [-0.25, -0.2) is 0 Å². The molecule has 0 saturated heterocycles. The van der Waals surface area contributed by atoms with Crippen molar-refractivity contribution in [3.63, 3.8) is 0 Å². The topological polar surface area (TPSA) is 30.5 Å². The molecule has 1 N–H and O–H groups in total. The van der Waals surface area contributed by atoms with Gasteiger partial charge in [-0.2, -0.15) is 0 Å². The number of hydrogen-bond donors (Lipinski definition) is 1. The van der Waals surface area contributed by atoms with E-state index >= 15 is 0 Å². The second-order valence-electron chi connectivity index (χ2n) is 5.95. The van der Waals surface area contributed by atoms with E-state index in [-0.39, 0.29) is 0 Å². The van der Waals surface area contributed by atoms with Crippen LogP contribution in [-0.4, -0.2) is 26.9 Å². The molecule has 0 unspecified atom stereocenters. The largest absolute Gasteiger partial charge is 0.491 e. The summed E-state index contributed by atoms with van der Waals surface area (Å²) in [5, 5.41) is 3.13. The normalized spacial score (nSPS) is 11.6. The summed E-state index contributed by atoms with van der Waals surface area (Å²) in [7, 11) is 1.94. The molecule has 0 aliphatic rings. The molecule has 0 heterocycles. The molecule has 3 nitrogen and oxygen atoms in total. The zero-order valence-electron chi connectivity index (χ0n) is 12.7. The van der Waals surface area contributed by atoms with E-state index in [1.54, 1.807) is 0 Å². The molecule has 0 fully saturated rings. The molecular formula is C16H27NO2. The van der Waals surface area contributed by atoms with Crippen LogP contribution in [0.4, 0.5) is 0 Å². The van der Waals surface area contributed by atoms with E-state index in [1.807, 2.05) is 19.2 Å². The highest BCUT2D eigenvalue weighted by atomic mass is 16.5. The highest BCUT2D eigenvalue weighted by Crippen LogP contribution is 2.18. The van der Waals surface area contributed by atoms with E-state index in [0.29, 0.717) is 18.6 Å². The van der Waals surface area contributed by atoms with Crippen LogP contribution in [-0.2, 0) is 11.3 Å². The van der Waals surface area contributed by atoms with E-state index in [4.69, 9.17) is 9.47 Å². The molecule has 108 valence electrons. The fourth-order valence-corrected chi connectivity index (χ4v) is 1.65. The SMILES string of the molecule is CNCc1cccc(OCCOCCC(C)(C)C)c1. The van der Waals surface area contributed by atoms with Gasteiger partial charge in [0.1, 0.15) is 12.4 Å². The number of hydrogen-bond acceptors (Lipinski definition) is 3. The lowest BCUT2D eigenvalue weighted by Gasteiger charge is -2.17. The monoisotopic (exact) mass is 265 g/mol. The van der Waals surface area contributed by atoms with E-state index in [9.17, 15) is 0 Å². The van der Waals surface area contributed by atoms with Crippen molar-refractivity contribution in [3.05, 3.63) is 29.8 Å². The standard InChI is InChI=1S/C16H27NO2/c1-16(2,3)8-9-18-10-11-19-15-7-5-6-14(12-15)13-17-4/h5-7,12,17H,8-11,13H2,1-4H3. The molecule has 0 atom stereocenters. The first-order valence-electron chi connectivity index (χ1n) is 6.95. The molecule has 0 saturated carbocycles. The van der Waals surface area contributed by atoms with Gasteiger partial charge in [-0.3, -0.25) is 0 Å². The van der Waals surface area contributed by atoms with Crippen molar-refractivity contribution >= 4 is 0 Å². The van der Waals surface area contributed by atoms with Crippen LogP contribution in [0.5, 0.6) is 5.75 Å². The average Bonchev–Trinajstić information content (AvgIpc) is 2.33. The van der Waals surface area contributed by atoms with Crippen LogP contribution >= 0.6 is 0 Å². The summed E-state index contributed by atoms with van der Waals surface area (Å²) in [4.78, 5) is 0. The average molecular weight is 265 g/mol. The fourth-order valence-electron chi connectivity index (χ4n) is 1.65. The summed E-state index contributed by atoms with van der Waals surface area (Å²) in [5.74, 6) is 0.909. The molecule has 0 aliphatic heterocycles. The smallest absolute Gasteiger partial charge is 0.119 e. The molecule has 1 rings (SSSR count). The molecule has 19 heavy (non-hydrogen) atoms. The van der Waals surface area contributed by atoms with Gasteiger partial charge < -0.3 is 14.8 Å². The lowest BCUT2D eigenvalue weighted by atomic mass is 9.93. The molecule has 0 radical (unpaired) electrons. The highest BCUT2D eigenvalue weighted by Gasteiger charge is 2.09. The van der Waals surface area contributed by atoms with Crippen LogP contribution in [0.1, 0.15) is 32.8 Å². The Morgan fingerprint density at radius 2 is 1.89 bits per heavy atom. The summed E-state index contributed by atoms with van der Waals surface area (Å²) in [6, 6.07) is 8.14. The van der Waals surface area contributed by atoms with Crippen molar-refractivity contribution in [3.8, 4) is 5.75 Å². The minimum Gasteiger partial charge on any atom is -0.491 e. The molecule has 0 spiro atoms. The number of ether oxygens (including phenoxy) is 2. The Labute approximate surface area is 117 Å². The van der Waals surface area contributed by atoms with E-state index in [2.05, 4.69) is 38.2 Å². The quantitative estimate of drug-likeness (QED) is 0.732. The lowest BCUT2D eigenvalue weighted by molar-refractivity contribution is 0.0818. The van der Waals surface area contributed by atoms with Crippen molar-refractivity contribution < 1.29 is 9.47 Å². The molecule has 1 aromatic carbocycles. The van der Waals surface area contributed by atoms with Crippen LogP contribution in [0, 0.1) is 5.41 Å². The number of benzene rings is 1.